The molecule has 2 unspecified atom stereocenters. The standard InChI is InChI=1S/C20H23ClN2O3/c1-23-15-4-5-16(23)11-14(10-15)22-20(24)19-9-8-18(26-19)12-25-17-6-2-13(21)3-7-17/h2-3,6-9,14-16H,4-5,10-12H2,1H3,(H,22,24). The lowest BCUT2D eigenvalue weighted by atomic mass is 9.98. The summed E-state index contributed by atoms with van der Waals surface area (Å²) in [5.41, 5.74) is 0. The van der Waals surface area contributed by atoms with Crippen LogP contribution in [0.15, 0.2) is 40.8 Å². The summed E-state index contributed by atoms with van der Waals surface area (Å²) in [5, 5.41) is 3.80. The van der Waals surface area contributed by atoms with Gasteiger partial charge in [0.1, 0.15) is 18.1 Å². The molecule has 2 aliphatic rings. The average molecular weight is 375 g/mol. The fourth-order valence-corrected chi connectivity index (χ4v) is 4.17. The minimum atomic E-state index is -0.142. The molecule has 2 saturated heterocycles. The number of carbonyl (C=O) groups excluding carboxylic acids is 1. The van der Waals surface area contributed by atoms with Gasteiger partial charge in [0.2, 0.25) is 0 Å². The highest BCUT2D eigenvalue weighted by Crippen LogP contribution is 2.34. The van der Waals surface area contributed by atoms with Crippen LogP contribution in [-0.4, -0.2) is 36.0 Å². The highest BCUT2D eigenvalue weighted by Gasteiger charge is 2.39. The SMILES string of the molecule is CN1C2CCC1CC(NC(=O)c1ccc(COc3ccc(Cl)cc3)o1)C2. The van der Waals surface area contributed by atoms with Crippen molar-refractivity contribution in [3.63, 3.8) is 0 Å². The highest BCUT2D eigenvalue weighted by molar-refractivity contribution is 6.30. The van der Waals surface area contributed by atoms with Gasteiger partial charge in [0.25, 0.3) is 5.91 Å². The minimum absolute atomic E-state index is 0.142. The third-order valence-corrected chi connectivity index (χ3v) is 5.77. The van der Waals surface area contributed by atoms with Gasteiger partial charge in [-0.2, -0.15) is 0 Å². The first-order valence-corrected chi connectivity index (χ1v) is 9.46. The molecule has 5 nitrogen and oxygen atoms in total. The Balaban J connectivity index is 1.31. The summed E-state index contributed by atoms with van der Waals surface area (Å²) in [6.45, 7) is 0.271. The molecule has 4 rings (SSSR count). The Kier molecular flexibility index (Phi) is 4.92. The molecule has 0 aliphatic carbocycles. The number of hydrogen-bond acceptors (Lipinski definition) is 4. The topological polar surface area (TPSA) is 54.7 Å². The number of carbonyl (C=O) groups is 1. The smallest absolute Gasteiger partial charge is 0.287 e. The number of piperidine rings is 1. The molecule has 0 saturated carbocycles. The number of benzene rings is 1. The van der Waals surface area contributed by atoms with Gasteiger partial charge >= 0.3 is 0 Å². The van der Waals surface area contributed by atoms with Gasteiger partial charge in [-0.25, -0.2) is 0 Å². The Morgan fingerprint density at radius 1 is 1.19 bits per heavy atom. The van der Waals surface area contributed by atoms with Crippen LogP contribution in [0.25, 0.3) is 0 Å². The lowest BCUT2D eigenvalue weighted by Gasteiger charge is -2.36. The van der Waals surface area contributed by atoms with Gasteiger partial charge in [-0.1, -0.05) is 11.6 Å². The number of halogens is 1. The van der Waals surface area contributed by atoms with E-state index in [0.717, 1.165) is 12.8 Å². The van der Waals surface area contributed by atoms with Crippen molar-refractivity contribution in [2.75, 3.05) is 7.05 Å². The summed E-state index contributed by atoms with van der Waals surface area (Å²) in [6.07, 6.45) is 4.51. The Labute approximate surface area is 158 Å². The number of ether oxygens (including phenoxy) is 1. The molecule has 2 aliphatic heterocycles. The Morgan fingerprint density at radius 2 is 1.88 bits per heavy atom. The molecule has 1 N–H and O–H groups in total. The number of amides is 1. The van der Waals surface area contributed by atoms with Crippen molar-refractivity contribution in [3.8, 4) is 5.75 Å². The number of nitrogens with one attached hydrogen (secondary N) is 1. The van der Waals surface area contributed by atoms with E-state index in [1.807, 2.05) is 0 Å². The molecule has 1 amide bonds. The van der Waals surface area contributed by atoms with Crippen molar-refractivity contribution < 1.29 is 13.9 Å². The monoisotopic (exact) mass is 374 g/mol. The lowest BCUT2D eigenvalue weighted by molar-refractivity contribution is 0.0851. The second kappa shape index (κ2) is 7.33. The van der Waals surface area contributed by atoms with Gasteiger partial charge < -0.3 is 19.4 Å². The first-order valence-electron chi connectivity index (χ1n) is 9.08. The molecule has 138 valence electrons. The Bertz CT molecular complexity index is 760. The molecule has 26 heavy (non-hydrogen) atoms. The molecule has 2 atom stereocenters. The third kappa shape index (κ3) is 3.74. The van der Waals surface area contributed by atoms with E-state index in [1.54, 1.807) is 36.4 Å². The predicted octanol–water partition coefficient (Wildman–Crippen LogP) is 3.87. The summed E-state index contributed by atoms with van der Waals surface area (Å²) in [7, 11) is 2.19. The lowest BCUT2D eigenvalue weighted by Crippen LogP contribution is -2.48. The van der Waals surface area contributed by atoms with E-state index < -0.39 is 0 Å². The van der Waals surface area contributed by atoms with Gasteiger partial charge in [0.15, 0.2) is 5.76 Å². The van der Waals surface area contributed by atoms with Gasteiger partial charge in [-0.15, -0.1) is 0 Å². The van der Waals surface area contributed by atoms with Crippen molar-refractivity contribution in [3.05, 3.63) is 52.9 Å². The van der Waals surface area contributed by atoms with Crippen LogP contribution in [0.2, 0.25) is 5.02 Å². The van der Waals surface area contributed by atoms with Crippen LogP contribution in [0.3, 0.4) is 0 Å². The normalized spacial score (nSPS) is 25.2. The zero-order valence-corrected chi connectivity index (χ0v) is 15.5. The number of fused-ring (bicyclic) bond motifs is 2. The quantitative estimate of drug-likeness (QED) is 0.863. The molecular formula is C20H23ClN2O3. The maximum Gasteiger partial charge on any atom is 0.287 e. The van der Waals surface area contributed by atoms with Crippen LogP contribution in [0.4, 0.5) is 0 Å². The van der Waals surface area contributed by atoms with Gasteiger partial charge in [-0.3, -0.25) is 4.79 Å². The van der Waals surface area contributed by atoms with E-state index in [-0.39, 0.29) is 18.6 Å². The first kappa shape index (κ1) is 17.4. The largest absolute Gasteiger partial charge is 0.486 e. The maximum atomic E-state index is 12.5. The number of rotatable bonds is 5. The van der Waals surface area contributed by atoms with Crippen molar-refractivity contribution >= 4 is 17.5 Å². The van der Waals surface area contributed by atoms with Crippen LogP contribution in [0, 0.1) is 0 Å². The second-order valence-corrected chi connectivity index (χ2v) is 7.64. The molecule has 6 heteroatoms. The minimum Gasteiger partial charge on any atom is -0.486 e. The molecule has 1 aromatic heterocycles. The fraction of sp³-hybridized carbons (Fsp3) is 0.450. The molecule has 2 aromatic rings. The van der Waals surface area contributed by atoms with E-state index >= 15 is 0 Å². The van der Waals surface area contributed by atoms with Gasteiger partial charge in [-0.05, 0) is 69.1 Å². The molecule has 2 bridgehead atoms. The highest BCUT2D eigenvalue weighted by atomic mass is 35.5. The summed E-state index contributed by atoms with van der Waals surface area (Å²) in [6, 6.07) is 12.1. The van der Waals surface area contributed by atoms with Crippen LogP contribution < -0.4 is 10.1 Å². The summed E-state index contributed by atoms with van der Waals surface area (Å²) >= 11 is 5.86. The molecule has 3 heterocycles. The van der Waals surface area contributed by atoms with E-state index in [9.17, 15) is 4.79 Å². The van der Waals surface area contributed by atoms with Crippen LogP contribution >= 0.6 is 11.6 Å². The predicted molar refractivity (Wildman–Crippen MR) is 99.6 cm³/mol. The van der Waals surface area contributed by atoms with Crippen molar-refractivity contribution in [1.82, 2.24) is 10.2 Å². The molecule has 2 fully saturated rings. The molecule has 0 spiro atoms. The zero-order chi connectivity index (χ0) is 18.1. The van der Waals surface area contributed by atoms with Gasteiger partial charge in [0, 0.05) is 23.1 Å². The maximum absolute atomic E-state index is 12.5. The van der Waals surface area contributed by atoms with E-state index in [0.29, 0.717) is 34.4 Å². The molecule has 0 radical (unpaired) electrons. The van der Waals surface area contributed by atoms with Crippen LogP contribution in [0.1, 0.15) is 42.0 Å². The number of nitrogens with zero attached hydrogens (tertiary/aromatic N) is 1. The van der Waals surface area contributed by atoms with E-state index in [4.69, 9.17) is 20.8 Å². The molecule has 1 aromatic carbocycles. The zero-order valence-electron chi connectivity index (χ0n) is 14.8. The van der Waals surface area contributed by atoms with Crippen LogP contribution in [0.5, 0.6) is 5.75 Å². The van der Waals surface area contributed by atoms with Crippen molar-refractivity contribution in [1.29, 1.82) is 0 Å². The third-order valence-electron chi connectivity index (χ3n) is 5.51. The van der Waals surface area contributed by atoms with Crippen molar-refractivity contribution in [2.24, 2.45) is 0 Å². The fourth-order valence-electron chi connectivity index (χ4n) is 4.05. The summed E-state index contributed by atoms with van der Waals surface area (Å²) in [5.74, 6) is 1.52. The van der Waals surface area contributed by atoms with E-state index in [1.165, 1.54) is 12.8 Å². The average Bonchev–Trinajstić information content (AvgIpc) is 3.17. The number of furan rings is 1. The first-order chi connectivity index (χ1) is 12.6. The van der Waals surface area contributed by atoms with Crippen LogP contribution in [-0.2, 0) is 6.61 Å². The van der Waals surface area contributed by atoms with E-state index in [2.05, 4.69) is 17.3 Å². The number of hydrogen-bond donors (Lipinski definition) is 1. The Morgan fingerprint density at radius 3 is 2.58 bits per heavy atom. The molecular weight excluding hydrogens is 352 g/mol. The second-order valence-electron chi connectivity index (χ2n) is 7.20. The Hall–Kier alpha value is -1.98. The summed E-state index contributed by atoms with van der Waals surface area (Å²) in [4.78, 5) is 14.9. The van der Waals surface area contributed by atoms with Gasteiger partial charge in [0.05, 0.1) is 0 Å². The van der Waals surface area contributed by atoms with Crippen molar-refractivity contribution in [2.45, 2.75) is 50.4 Å². The summed E-state index contributed by atoms with van der Waals surface area (Å²) < 4.78 is 11.3.